The fourth-order valence-corrected chi connectivity index (χ4v) is 6.63. The molecule has 0 spiro atoms. The van der Waals surface area contributed by atoms with Gasteiger partial charge < -0.3 is 9.64 Å². The number of ether oxygens (including phenoxy) is 1. The third-order valence-electron chi connectivity index (χ3n) is 6.62. The van der Waals surface area contributed by atoms with Crippen LogP contribution in [0.2, 0.25) is 0 Å². The molecule has 156 valence electrons. The number of benzene rings is 1. The number of nitrogens with zero attached hydrogens (tertiary/aromatic N) is 1. The normalized spacial score (nSPS) is 23.8. The van der Waals surface area contributed by atoms with Gasteiger partial charge in [-0.15, -0.1) is 0 Å². The lowest BCUT2D eigenvalue weighted by Gasteiger charge is -2.41. The minimum absolute atomic E-state index is 0.128. The Bertz CT molecular complexity index is 619. The SMILES string of the molecule is CCN(CC1(C2CCCCCCC2)CCCS1)C(=O)COc1ccccc1C. The van der Waals surface area contributed by atoms with Gasteiger partial charge in [0, 0.05) is 17.8 Å². The van der Waals surface area contributed by atoms with E-state index in [-0.39, 0.29) is 17.3 Å². The van der Waals surface area contributed by atoms with Gasteiger partial charge in [-0.25, -0.2) is 0 Å². The molecule has 4 heteroatoms. The lowest BCUT2D eigenvalue weighted by atomic mass is 9.78. The van der Waals surface area contributed by atoms with Crippen LogP contribution in [0.25, 0.3) is 0 Å². The van der Waals surface area contributed by atoms with E-state index >= 15 is 0 Å². The van der Waals surface area contributed by atoms with Crippen molar-refractivity contribution in [3.63, 3.8) is 0 Å². The van der Waals surface area contributed by atoms with Crippen LogP contribution in [0.5, 0.6) is 5.75 Å². The highest BCUT2D eigenvalue weighted by molar-refractivity contribution is 8.00. The van der Waals surface area contributed by atoms with Gasteiger partial charge >= 0.3 is 0 Å². The number of carbonyl (C=O) groups is 1. The van der Waals surface area contributed by atoms with Crippen LogP contribution in [0.3, 0.4) is 0 Å². The molecule has 0 bridgehead atoms. The first-order valence-electron chi connectivity index (χ1n) is 11.2. The van der Waals surface area contributed by atoms with Crippen LogP contribution in [-0.2, 0) is 4.79 Å². The molecule has 2 fully saturated rings. The van der Waals surface area contributed by atoms with Crippen molar-refractivity contribution in [2.75, 3.05) is 25.4 Å². The maximum atomic E-state index is 13.0. The van der Waals surface area contributed by atoms with Crippen LogP contribution < -0.4 is 4.74 Å². The summed E-state index contributed by atoms with van der Waals surface area (Å²) in [6.45, 7) is 5.94. The van der Waals surface area contributed by atoms with E-state index in [1.165, 1.54) is 63.5 Å². The van der Waals surface area contributed by atoms with E-state index in [1.54, 1.807) is 0 Å². The number of rotatable bonds is 7. The quantitative estimate of drug-likeness (QED) is 0.572. The number of thioether (sulfide) groups is 1. The molecule has 3 rings (SSSR count). The zero-order valence-electron chi connectivity index (χ0n) is 17.8. The van der Waals surface area contributed by atoms with E-state index < -0.39 is 0 Å². The molecule has 0 aromatic heterocycles. The predicted molar refractivity (Wildman–Crippen MR) is 119 cm³/mol. The van der Waals surface area contributed by atoms with Crippen LogP contribution in [0.15, 0.2) is 24.3 Å². The van der Waals surface area contributed by atoms with Gasteiger partial charge in [-0.3, -0.25) is 4.79 Å². The highest BCUT2D eigenvalue weighted by Gasteiger charge is 2.43. The van der Waals surface area contributed by atoms with Crippen molar-refractivity contribution in [1.82, 2.24) is 4.90 Å². The van der Waals surface area contributed by atoms with Crippen LogP contribution in [-0.4, -0.2) is 41.0 Å². The molecule has 1 aromatic rings. The summed E-state index contributed by atoms with van der Waals surface area (Å²) in [5, 5.41) is 0. The van der Waals surface area contributed by atoms with Crippen molar-refractivity contribution >= 4 is 17.7 Å². The molecule has 1 atom stereocenters. The monoisotopic (exact) mass is 403 g/mol. The molecule has 1 saturated heterocycles. The number of aryl methyl sites for hydroxylation is 1. The van der Waals surface area contributed by atoms with Gasteiger partial charge in [0.05, 0.1) is 0 Å². The van der Waals surface area contributed by atoms with Crippen molar-refractivity contribution in [3.8, 4) is 5.75 Å². The van der Waals surface area contributed by atoms with Gasteiger partial charge in [-0.05, 0) is 62.8 Å². The van der Waals surface area contributed by atoms with Gasteiger partial charge in [-0.2, -0.15) is 11.8 Å². The van der Waals surface area contributed by atoms with E-state index in [4.69, 9.17) is 4.74 Å². The molecule has 28 heavy (non-hydrogen) atoms. The Morgan fingerprint density at radius 3 is 2.50 bits per heavy atom. The highest BCUT2D eigenvalue weighted by Crippen LogP contribution is 2.48. The van der Waals surface area contributed by atoms with Gasteiger partial charge in [0.15, 0.2) is 6.61 Å². The number of carbonyl (C=O) groups excluding carboxylic acids is 1. The van der Waals surface area contributed by atoms with Gasteiger partial charge in [0.2, 0.25) is 0 Å². The van der Waals surface area contributed by atoms with Gasteiger partial charge in [-0.1, -0.05) is 50.3 Å². The summed E-state index contributed by atoms with van der Waals surface area (Å²) in [6, 6.07) is 7.93. The average molecular weight is 404 g/mol. The third kappa shape index (κ3) is 5.46. The van der Waals surface area contributed by atoms with Crippen LogP contribution in [0.4, 0.5) is 0 Å². The van der Waals surface area contributed by atoms with Crippen molar-refractivity contribution in [2.45, 2.75) is 76.4 Å². The molecule has 1 unspecified atom stereocenters. The van der Waals surface area contributed by atoms with E-state index in [1.807, 2.05) is 31.2 Å². The average Bonchev–Trinajstić information content (AvgIpc) is 3.14. The Morgan fingerprint density at radius 2 is 1.86 bits per heavy atom. The standard InChI is InChI=1S/C24H37NO2S/c1-3-25(23(26)18-27-22-15-10-9-12-20(22)2)19-24(16-11-17-28-24)21-13-7-5-4-6-8-14-21/h9-10,12,15,21H,3-8,11,13-14,16-19H2,1-2H3. The first kappa shape index (κ1) is 21.5. The molecule has 1 aliphatic heterocycles. The molecular weight excluding hydrogens is 366 g/mol. The van der Waals surface area contributed by atoms with E-state index in [9.17, 15) is 4.79 Å². The van der Waals surface area contributed by atoms with Crippen molar-refractivity contribution in [2.24, 2.45) is 5.92 Å². The second kappa shape index (κ2) is 10.6. The molecule has 3 nitrogen and oxygen atoms in total. The number of para-hydroxylation sites is 1. The predicted octanol–water partition coefficient (Wildman–Crippen LogP) is 5.85. The summed E-state index contributed by atoms with van der Waals surface area (Å²) in [7, 11) is 0. The summed E-state index contributed by atoms with van der Waals surface area (Å²) in [5.41, 5.74) is 1.08. The topological polar surface area (TPSA) is 29.5 Å². The molecule has 0 N–H and O–H groups in total. The number of hydrogen-bond donors (Lipinski definition) is 0. The minimum Gasteiger partial charge on any atom is -0.484 e. The minimum atomic E-state index is 0.128. The molecule has 1 amide bonds. The maximum absolute atomic E-state index is 13.0. The zero-order chi connectivity index (χ0) is 19.8. The lowest BCUT2D eigenvalue weighted by molar-refractivity contribution is -0.133. The molecule has 1 aliphatic carbocycles. The van der Waals surface area contributed by atoms with Crippen LogP contribution in [0, 0.1) is 12.8 Å². The summed E-state index contributed by atoms with van der Waals surface area (Å²) in [4.78, 5) is 15.1. The Balaban J connectivity index is 1.64. The molecule has 2 aliphatic rings. The second-order valence-electron chi connectivity index (χ2n) is 8.52. The summed E-state index contributed by atoms with van der Waals surface area (Å²) in [5.74, 6) is 2.96. The first-order chi connectivity index (χ1) is 13.6. The lowest BCUT2D eigenvalue weighted by Crippen LogP contribution is -2.48. The fraction of sp³-hybridized carbons (Fsp3) is 0.708. The molecule has 1 aromatic carbocycles. The third-order valence-corrected chi connectivity index (χ3v) is 8.35. The largest absolute Gasteiger partial charge is 0.484 e. The number of hydrogen-bond acceptors (Lipinski definition) is 3. The first-order valence-corrected chi connectivity index (χ1v) is 12.2. The Labute approximate surface area is 175 Å². The maximum Gasteiger partial charge on any atom is 0.260 e. The van der Waals surface area contributed by atoms with Crippen molar-refractivity contribution in [3.05, 3.63) is 29.8 Å². The van der Waals surface area contributed by atoms with Gasteiger partial charge in [0.25, 0.3) is 5.91 Å². The van der Waals surface area contributed by atoms with E-state index in [0.29, 0.717) is 0 Å². The smallest absolute Gasteiger partial charge is 0.260 e. The van der Waals surface area contributed by atoms with Crippen LogP contribution in [0.1, 0.15) is 70.3 Å². The fourth-order valence-electron chi connectivity index (χ4n) is 4.93. The van der Waals surface area contributed by atoms with E-state index in [2.05, 4.69) is 23.6 Å². The van der Waals surface area contributed by atoms with Gasteiger partial charge in [0.1, 0.15) is 5.75 Å². The molecule has 0 radical (unpaired) electrons. The Kier molecular flexibility index (Phi) is 8.13. The zero-order valence-corrected chi connectivity index (χ0v) is 18.6. The molecule has 1 heterocycles. The molecular formula is C24H37NO2S. The van der Waals surface area contributed by atoms with Crippen molar-refractivity contribution < 1.29 is 9.53 Å². The Morgan fingerprint density at radius 1 is 1.14 bits per heavy atom. The second-order valence-corrected chi connectivity index (χ2v) is 10.0. The Hall–Kier alpha value is -1.16. The summed E-state index contributed by atoms with van der Waals surface area (Å²) in [6.07, 6.45) is 12.2. The number of amides is 1. The van der Waals surface area contributed by atoms with E-state index in [0.717, 1.165) is 30.3 Å². The number of likely N-dealkylation sites (N-methyl/N-ethyl adjacent to an activating group) is 1. The van der Waals surface area contributed by atoms with Crippen LogP contribution >= 0.6 is 11.8 Å². The summed E-state index contributed by atoms with van der Waals surface area (Å²) >= 11 is 2.16. The highest BCUT2D eigenvalue weighted by atomic mass is 32.2. The molecule has 1 saturated carbocycles. The summed E-state index contributed by atoms with van der Waals surface area (Å²) < 4.78 is 6.13. The van der Waals surface area contributed by atoms with Crippen molar-refractivity contribution in [1.29, 1.82) is 0 Å².